The summed E-state index contributed by atoms with van der Waals surface area (Å²) in [7, 11) is 0. The number of nitrogens with zero attached hydrogens (tertiary/aromatic N) is 2. The van der Waals surface area contributed by atoms with Crippen molar-refractivity contribution in [3.63, 3.8) is 0 Å². The van der Waals surface area contributed by atoms with Gasteiger partial charge in [0.2, 0.25) is 0 Å². The van der Waals surface area contributed by atoms with Crippen molar-refractivity contribution in [3.05, 3.63) is 77.3 Å². The number of hydrogen-bond acceptors (Lipinski definition) is 3. The predicted octanol–water partition coefficient (Wildman–Crippen LogP) is 6.50. The molecule has 2 nitrogen and oxygen atoms in total. The van der Waals surface area contributed by atoms with Crippen molar-refractivity contribution in [1.82, 2.24) is 4.90 Å². The van der Waals surface area contributed by atoms with Crippen LogP contribution in [0.15, 0.2) is 71.6 Å². The molecular weight excluding hydrogens is 384 g/mol. The van der Waals surface area contributed by atoms with Gasteiger partial charge in [0.25, 0.3) is 0 Å². The highest BCUT2D eigenvalue weighted by atomic mass is 35.5. The lowest BCUT2D eigenvalue weighted by molar-refractivity contribution is 0.300. The Morgan fingerprint density at radius 2 is 1.82 bits per heavy atom. The van der Waals surface area contributed by atoms with E-state index < -0.39 is 0 Å². The first-order chi connectivity index (χ1) is 13.8. The Morgan fingerprint density at radius 1 is 0.929 bits per heavy atom. The molecule has 0 amide bonds. The van der Waals surface area contributed by atoms with Crippen LogP contribution in [0.1, 0.15) is 18.4 Å². The number of benzene rings is 3. The van der Waals surface area contributed by atoms with Gasteiger partial charge < -0.3 is 4.31 Å². The van der Waals surface area contributed by atoms with Gasteiger partial charge in [0.05, 0.1) is 5.69 Å². The van der Waals surface area contributed by atoms with Crippen molar-refractivity contribution in [2.45, 2.75) is 17.7 Å². The summed E-state index contributed by atoms with van der Waals surface area (Å²) in [6.07, 6.45) is 4.72. The SMILES string of the molecule is Clc1ccc2c3c(cccc13)SN2CCCN1CC=C(c2ccccc2)CC1. The summed E-state index contributed by atoms with van der Waals surface area (Å²) in [5.41, 5.74) is 4.18. The van der Waals surface area contributed by atoms with Crippen LogP contribution in [0.4, 0.5) is 5.69 Å². The molecule has 4 heteroatoms. The molecule has 0 saturated carbocycles. The summed E-state index contributed by atoms with van der Waals surface area (Å²) < 4.78 is 2.43. The van der Waals surface area contributed by atoms with E-state index in [1.807, 2.05) is 18.0 Å². The molecule has 2 heterocycles. The zero-order valence-corrected chi connectivity index (χ0v) is 17.3. The molecular formula is C24H23ClN2S. The minimum absolute atomic E-state index is 0.845. The Morgan fingerprint density at radius 3 is 2.64 bits per heavy atom. The average molecular weight is 407 g/mol. The maximum absolute atomic E-state index is 6.40. The van der Waals surface area contributed by atoms with E-state index in [-0.39, 0.29) is 0 Å². The zero-order chi connectivity index (χ0) is 18.9. The molecule has 28 heavy (non-hydrogen) atoms. The van der Waals surface area contributed by atoms with Gasteiger partial charge in [-0.1, -0.05) is 60.1 Å². The molecule has 0 saturated heterocycles. The van der Waals surface area contributed by atoms with Crippen LogP contribution in [0.5, 0.6) is 0 Å². The minimum atomic E-state index is 0.845. The highest BCUT2D eigenvalue weighted by Crippen LogP contribution is 2.47. The fourth-order valence-corrected chi connectivity index (χ4v) is 5.58. The maximum Gasteiger partial charge on any atom is 0.0564 e. The van der Waals surface area contributed by atoms with Crippen molar-refractivity contribution in [3.8, 4) is 0 Å². The number of rotatable bonds is 5. The Labute approximate surface area is 175 Å². The molecule has 0 aromatic heterocycles. The van der Waals surface area contributed by atoms with E-state index in [1.54, 1.807) is 0 Å². The summed E-state index contributed by atoms with van der Waals surface area (Å²) in [6, 6.07) is 21.4. The minimum Gasteiger partial charge on any atom is -0.311 e. The third-order valence-corrected chi connectivity index (χ3v) is 7.14. The van der Waals surface area contributed by atoms with E-state index in [2.05, 4.69) is 69.9 Å². The molecule has 0 aliphatic carbocycles. The quantitative estimate of drug-likeness (QED) is 0.446. The van der Waals surface area contributed by atoms with Crippen LogP contribution < -0.4 is 4.31 Å². The van der Waals surface area contributed by atoms with E-state index in [9.17, 15) is 0 Å². The Kier molecular flexibility index (Phi) is 5.06. The molecule has 2 aliphatic rings. The molecule has 0 spiro atoms. The van der Waals surface area contributed by atoms with Crippen molar-refractivity contribution in [2.24, 2.45) is 0 Å². The summed E-state index contributed by atoms with van der Waals surface area (Å²) in [6.45, 7) is 4.41. The highest BCUT2D eigenvalue weighted by Gasteiger charge is 2.23. The molecule has 0 unspecified atom stereocenters. The number of anilines is 1. The Bertz CT molecular complexity index is 1030. The van der Waals surface area contributed by atoms with Crippen LogP contribution in [0.25, 0.3) is 16.3 Å². The van der Waals surface area contributed by atoms with Crippen molar-refractivity contribution in [1.29, 1.82) is 0 Å². The van der Waals surface area contributed by atoms with Crippen LogP contribution in [0, 0.1) is 0 Å². The lowest BCUT2D eigenvalue weighted by Gasteiger charge is -2.27. The lowest BCUT2D eigenvalue weighted by Crippen LogP contribution is -2.31. The van der Waals surface area contributed by atoms with Crippen molar-refractivity contribution in [2.75, 3.05) is 30.5 Å². The molecule has 0 fully saturated rings. The lowest BCUT2D eigenvalue weighted by atomic mass is 9.99. The summed E-state index contributed by atoms with van der Waals surface area (Å²) in [4.78, 5) is 3.89. The van der Waals surface area contributed by atoms with Gasteiger partial charge in [0.15, 0.2) is 0 Å². The first-order valence-electron chi connectivity index (χ1n) is 9.93. The van der Waals surface area contributed by atoms with Crippen LogP contribution in [-0.4, -0.2) is 31.1 Å². The molecule has 0 radical (unpaired) electrons. The molecule has 0 atom stereocenters. The summed E-state index contributed by atoms with van der Waals surface area (Å²) in [5, 5.41) is 3.33. The standard InChI is InChI=1S/C24H23ClN2S/c25-21-10-11-22-24-20(21)8-4-9-23(24)28-27(22)15-5-14-26-16-12-19(13-17-26)18-6-2-1-3-7-18/h1-4,6-12H,5,13-17H2. The smallest absolute Gasteiger partial charge is 0.0564 e. The van der Waals surface area contributed by atoms with Crippen LogP contribution in [-0.2, 0) is 0 Å². The first kappa shape index (κ1) is 18.1. The van der Waals surface area contributed by atoms with E-state index >= 15 is 0 Å². The fourth-order valence-electron chi connectivity index (χ4n) is 4.20. The van der Waals surface area contributed by atoms with E-state index in [1.165, 1.54) is 38.9 Å². The van der Waals surface area contributed by atoms with Gasteiger partial charge in [-0.05, 0) is 54.1 Å². The molecule has 2 aliphatic heterocycles. The summed E-state index contributed by atoms with van der Waals surface area (Å²) in [5.74, 6) is 0. The highest BCUT2D eigenvalue weighted by molar-refractivity contribution is 8.01. The first-order valence-corrected chi connectivity index (χ1v) is 11.1. The molecule has 0 N–H and O–H groups in total. The largest absolute Gasteiger partial charge is 0.311 e. The van der Waals surface area contributed by atoms with Gasteiger partial charge in [0, 0.05) is 46.9 Å². The third-order valence-electron chi connectivity index (χ3n) is 5.68. The van der Waals surface area contributed by atoms with Gasteiger partial charge in [-0.25, -0.2) is 0 Å². The molecule has 5 rings (SSSR count). The van der Waals surface area contributed by atoms with Crippen LogP contribution in [0.3, 0.4) is 0 Å². The normalized spacial score (nSPS) is 16.6. The maximum atomic E-state index is 6.40. The van der Waals surface area contributed by atoms with Gasteiger partial charge in [-0.15, -0.1) is 0 Å². The molecule has 142 valence electrons. The molecule has 3 aromatic rings. The van der Waals surface area contributed by atoms with E-state index in [0.29, 0.717) is 0 Å². The van der Waals surface area contributed by atoms with E-state index in [4.69, 9.17) is 11.6 Å². The molecule has 0 bridgehead atoms. The predicted molar refractivity (Wildman–Crippen MR) is 122 cm³/mol. The van der Waals surface area contributed by atoms with Crippen molar-refractivity contribution >= 4 is 45.6 Å². The zero-order valence-electron chi connectivity index (χ0n) is 15.8. The Balaban J connectivity index is 1.19. The van der Waals surface area contributed by atoms with Gasteiger partial charge >= 0.3 is 0 Å². The van der Waals surface area contributed by atoms with Crippen LogP contribution in [0.2, 0.25) is 5.02 Å². The van der Waals surface area contributed by atoms with Gasteiger partial charge in [0.1, 0.15) is 0 Å². The number of halogens is 1. The topological polar surface area (TPSA) is 6.48 Å². The second-order valence-corrected chi connectivity index (χ2v) is 8.91. The van der Waals surface area contributed by atoms with Gasteiger partial charge in [-0.2, -0.15) is 0 Å². The Hall–Kier alpha value is -1.94. The van der Waals surface area contributed by atoms with E-state index in [0.717, 1.165) is 37.6 Å². The second kappa shape index (κ2) is 7.82. The number of hydrogen-bond donors (Lipinski definition) is 0. The van der Waals surface area contributed by atoms with Crippen LogP contribution >= 0.6 is 23.5 Å². The fraction of sp³-hybridized carbons (Fsp3) is 0.250. The second-order valence-electron chi connectivity index (χ2n) is 7.44. The third kappa shape index (κ3) is 3.43. The average Bonchev–Trinajstić information content (AvgIpc) is 3.11. The monoisotopic (exact) mass is 406 g/mol. The van der Waals surface area contributed by atoms with Gasteiger partial charge in [-0.3, -0.25) is 4.90 Å². The summed E-state index contributed by atoms with van der Waals surface area (Å²) >= 11 is 8.25. The molecule has 3 aromatic carbocycles. The van der Waals surface area contributed by atoms with Crippen molar-refractivity contribution < 1.29 is 0 Å².